The lowest BCUT2D eigenvalue weighted by atomic mass is 10.0. The van der Waals surface area contributed by atoms with Gasteiger partial charge < -0.3 is 15.0 Å². The van der Waals surface area contributed by atoms with E-state index in [9.17, 15) is 9.59 Å². The Labute approximate surface area is 176 Å². The molecule has 30 heavy (non-hydrogen) atoms. The summed E-state index contributed by atoms with van der Waals surface area (Å²) in [4.78, 5) is 27.9. The third-order valence-electron chi connectivity index (χ3n) is 5.40. The molecule has 0 radical (unpaired) electrons. The zero-order valence-electron chi connectivity index (χ0n) is 16.9. The Morgan fingerprint density at radius 1 is 1.00 bits per heavy atom. The zero-order chi connectivity index (χ0) is 20.9. The van der Waals surface area contributed by atoms with Crippen LogP contribution in [-0.2, 0) is 24.3 Å². The van der Waals surface area contributed by atoms with Gasteiger partial charge in [0.2, 0.25) is 5.91 Å². The highest BCUT2D eigenvalue weighted by Crippen LogP contribution is 2.26. The maximum Gasteiger partial charge on any atom is 0.255 e. The van der Waals surface area contributed by atoms with E-state index in [1.54, 1.807) is 12.0 Å². The van der Waals surface area contributed by atoms with Crippen LogP contribution in [0.15, 0.2) is 78.9 Å². The molecule has 0 saturated heterocycles. The average molecular weight is 400 g/mol. The maximum absolute atomic E-state index is 13.2. The van der Waals surface area contributed by atoms with Crippen LogP contribution < -0.4 is 10.1 Å². The molecule has 0 aromatic heterocycles. The highest BCUT2D eigenvalue weighted by molar-refractivity contribution is 6.01. The highest BCUT2D eigenvalue weighted by atomic mass is 16.5. The number of carbonyl (C=O) groups is 2. The van der Waals surface area contributed by atoms with Crippen molar-refractivity contribution >= 4 is 11.8 Å². The number of fused-ring (bicyclic) bond motifs is 1. The number of carbonyl (C=O) groups excluding carboxylic acids is 2. The van der Waals surface area contributed by atoms with Gasteiger partial charge >= 0.3 is 0 Å². The third-order valence-corrected chi connectivity index (χ3v) is 5.40. The van der Waals surface area contributed by atoms with Crippen LogP contribution in [0, 0.1) is 0 Å². The maximum atomic E-state index is 13.2. The van der Waals surface area contributed by atoms with Gasteiger partial charge in [-0.2, -0.15) is 0 Å². The highest BCUT2D eigenvalue weighted by Gasteiger charge is 2.36. The van der Waals surface area contributed by atoms with E-state index in [1.807, 2.05) is 78.9 Å². The minimum Gasteiger partial charge on any atom is -0.497 e. The predicted molar refractivity (Wildman–Crippen MR) is 115 cm³/mol. The smallest absolute Gasteiger partial charge is 0.255 e. The molecule has 0 aliphatic carbocycles. The van der Waals surface area contributed by atoms with Crippen LogP contribution in [0.5, 0.6) is 5.75 Å². The lowest BCUT2D eigenvalue weighted by Gasteiger charge is -2.27. The summed E-state index contributed by atoms with van der Waals surface area (Å²) in [5.74, 6) is 0.485. The minimum atomic E-state index is -0.585. The Morgan fingerprint density at radius 2 is 1.73 bits per heavy atom. The number of amides is 2. The van der Waals surface area contributed by atoms with Crippen LogP contribution in [0.1, 0.15) is 27.0 Å². The first kappa shape index (κ1) is 19.7. The second-order valence-corrected chi connectivity index (χ2v) is 7.37. The van der Waals surface area contributed by atoms with Crippen LogP contribution in [0.25, 0.3) is 0 Å². The second-order valence-electron chi connectivity index (χ2n) is 7.37. The zero-order valence-corrected chi connectivity index (χ0v) is 16.9. The summed E-state index contributed by atoms with van der Waals surface area (Å²) in [6.07, 6.45) is 0.463. The van der Waals surface area contributed by atoms with Crippen LogP contribution >= 0.6 is 0 Å². The Morgan fingerprint density at radius 3 is 2.50 bits per heavy atom. The monoisotopic (exact) mass is 400 g/mol. The number of ether oxygens (including phenoxy) is 1. The Balaban J connectivity index is 1.54. The molecule has 5 nitrogen and oxygen atoms in total. The van der Waals surface area contributed by atoms with Gasteiger partial charge in [0, 0.05) is 25.1 Å². The van der Waals surface area contributed by atoms with Gasteiger partial charge in [-0.3, -0.25) is 9.59 Å². The molecule has 1 aliphatic rings. The molecule has 3 aromatic rings. The van der Waals surface area contributed by atoms with Gasteiger partial charge in [-0.15, -0.1) is 0 Å². The van der Waals surface area contributed by atoms with E-state index in [1.165, 1.54) is 0 Å². The summed E-state index contributed by atoms with van der Waals surface area (Å²) in [7, 11) is 1.62. The van der Waals surface area contributed by atoms with Crippen molar-refractivity contribution in [1.82, 2.24) is 10.2 Å². The standard InChI is InChI=1S/C25H24N2O3/c1-30-21-12-7-10-19(14-21)16-26-24(28)23(15-18-8-3-2-4-9-18)27-17-20-11-5-6-13-22(20)25(27)29/h2-14,23H,15-17H2,1H3,(H,26,28). The van der Waals surface area contributed by atoms with Crippen molar-refractivity contribution in [2.75, 3.05) is 7.11 Å². The van der Waals surface area contributed by atoms with Gasteiger partial charge in [-0.1, -0.05) is 60.7 Å². The Bertz CT molecular complexity index is 1050. The molecule has 2 amide bonds. The molecule has 4 rings (SSSR count). The van der Waals surface area contributed by atoms with Gasteiger partial charge in [-0.05, 0) is 34.9 Å². The van der Waals surface area contributed by atoms with Gasteiger partial charge in [0.05, 0.1) is 7.11 Å². The van der Waals surface area contributed by atoms with Crippen LogP contribution in [-0.4, -0.2) is 29.9 Å². The van der Waals surface area contributed by atoms with E-state index in [0.29, 0.717) is 25.1 Å². The van der Waals surface area contributed by atoms with Gasteiger partial charge in [0.25, 0.3) is 5.91 Å². The number of nitrogens with one attached hydrogen (secondary N) is 1. The average Bonchev–Trinajstić information content (AvgIpc) is 3.13. The largest absolute Gasteiger partial charge is 0.497 e. The van der Waals surface area contributed by atoms with Crippen LogP contribution in [0.2, 0.25) is 0 Å². The van der Waals surface area contributed by atoms with Gasteiger partial charge in [0.15, 0.2) is 0 Å². The minimum absolute atomic E-state index is 0.0944. The van der Waals surface area contributed by atoms with Crippen LogP contribution in [0.3, 0.4) is 0 Å². The van der Waals surface area contributed by atoms with Crippen molar-refractivity contribution in [3.05, 3.63) is 101 Å². The first-order chi connectivity index (χ1) is 14.7. The second kappa shape index (κ2) is 8.82. The number of benzene rings is 3. The molecular weight excluding hydrogens is 376 g/mol. The summed E-state index contributed by atoms with van der Waals surface area (Å²) in [5, 5.41) is 3.01. The fourth-order valence-electron chi connectivity index (χ4n) is 3.80. The van der Waals surface area contributed by atoms with E-state index in [4.69, 9.17) is 4.74 Å². The molecular formula is C25H24N2O3. The summed E-state index contributed by atoms with van der Waals surface area (Å²) in [6.45, 7) is 0.815. The van der Waals surface area contributed by atoms with Crippen LogP contribution in [0.4, 0.5) is 0 Å². The van der Waals surface area contributed by atoms with E-state index in [-0.39, 0.29) is 11.8 Å². The quantitative estimate of drug-likeness (QED) is 0.660. The molecule has 3 aromatic carbocycles. The number of methoxy groups -OCH3 is 1. The number of rotatable bonds is 7. The SMILES string of the molecule is COc1cccc(CNC(=O)C(Cc2ccccc2)N2Cc3ccccc3C2=O)c1. The molecule has 1 aliphatic heterocycles. The van der Waals surface area contributed by atoms with Crippen molar-refractivity contribution in [1.29, 1.82) is 0 Å². The molecule has 1 unspecified atom stereocenters. The Kier molecular flexibility index (Phi) is 5.80. The molecule has 152 valence electrons. The third kappa shape index (κ3) is 4.20. The number of hydrogen-bond acceptors (Lipinski definition) is 3. The molecule has 1 atom stereocenters. The first-order valence-electron chi connectivity index (χ1n) is 9.99. The summed E-state index contributed by atoms with van der Waals surface area (Å²) in [5.41, 5.74) is 3.59. The fraction of sp³-hybridized carbons (Fsp3) is 0.200. The van der Waals surface area contributed by atoms with E-state index < -0.39 is 6.04 Å². The summed E-state index contributed by atoms with van der Waals surface area (Å²) >= 11 is 0. The van der Waals surface area contributed by atoms with Crippen molar-refractivity contribution in [3.8, 4) is 5.75 Å². The predicted octanol–water partition coefficient (Wildman–Crippen LogP) is 3.58. The molecule has 0 bridgehead atoms. The molecule has 0 saturated carbocycles. The van der Waals surface area contributed by atoms with Gasteiger partial charge in [-0.25, -0.2) is 0 Å². The molecule has 1 N–H and O–H groups in total. The lowest BCUT2D eigenvalue weighted by molar-refractivity contribution is -0.125. The summed E-state index contributed by atoms with van der Waals surface area (Å²) < 4.78 is 5.25. The number of nitrogens with zero attached hydrogens (tertiary/aromatic N) is 1. The van der Waals surface area contributed by atoms with E-state index in [0.717, 1.165) is 22.4 Å². The van der Waals surface area contributed by atoms with Gasteiger partial charge in [0.1, 0.15) is 11.8 Å². The number of hydrogen-bond donors (Lipinski definition) is 1. The molecule has 0 fully saturated rings. The molecule has 5 heteroatoms. The van der Waals surface area contributed by atoms with E-state index >= 15 is 0 Å². The molecule has 1 heterocycles. The van der Waals surface area contributed by atoms with Crippen molar-refractivity contribution in [3.63, 3.8) is 0 Å². The summed E-state index contributed by atoms with van der Waals surface area (Å²) in [6, 6.07) is 24.3. The Hall–Kier alpha value is -3.60. The van der Waals surface area contributed by atoms with Crippen molar-refractivity contribution in [2.45, 2.75) is 25.6 Å². The topological polar surface area (TPSA) is 58.6 Å². The van der Waals surface area contributed by atoms with Crippen molar-refractivity contribution < 1.29 is 14.3 Å². The molecule has 0 spiro atoms. The van der Waals surface area contributed by atoms with Crippen molar-refractivity contribution in [2.24, 2.45) is 0 Å². The lowest BCUT2D eigenvalue weighted by Crippen LogP contribution is -2.48. The normalized spacial score (nSPS) is 13.6. The fourth-order valence-corrected chi connectivity index (χ4v) is 3.80. The van der Waals surface area contributed by atoms with E-state index in [2.05, 4.69) is 5.32 Å². The first-order valence-corrected chi connectivity index (χ1v) is 9.99.